The Hall–Kier alpha value is -3.34. The smallest absolute Gasteiger partial charge is 0.266 e. The maximum Gasteiger partial charge on any atom is 0.266 e. The van der Waals surface area contributed by atoms with E-state index in [1.165, 1.54) is 4.90 Å². The molecule has 0 saturated carbocycles. The van der Waals surface area contributed by atoms with Crippen LogP contribution in [0.2, 0.25) is 0 Å². The first kappa shape index (κ1) is 20.4. The van der Waals surface area contributed by atoms with E-state index in [-0.39, 0.29) is 18.9 Å². The topological polar surface area (TPSA) is 93.1 Å². The molecule has 2 aromatic rings. The minimum Gasteiger partial charge on any atom is -0.391 e. The molecular weight excluding hydrogens is 370 g/mol. The Labute approximate surface area is 169 Å². The van der Waals surface area contributed by atoms with Gasteiger partial charge in [-0.2, -0.15) is 0 Å². The lowest BCUT2D eigenvalue weighted by Crippen LogP contribution is -2.45. The maximum absolute atomic E-state index is 12.7. The molecule has 7 heteroatoms. The van der Waals surface area contributed by atoms with E-state index < -0.39 is 18.1 Å². The van der Waals surface area contributed by atoms with Crippen molar-refractivity contribution in [2.24, 2.45) is 0 Å². The standard InChI is InChI=1S/C22H23N3O4/c1-24(2)18-11-7-16(8-12-18)4-3-15-5-9-17(10-6-15)22(28)25-14-19(26)13-20(25)21(27)23-29/h5-12,19-20,26,29H,13-14H2,1-2H3,(H,23,27)/t19-,20+/m1/s1. The number of hydrogen-bond donors (Lipinski definition) is 3. The SMILES string of the molecule is CN(C)c1ccc(C#Cc2ccc(C(=O)N3C[C@H](O)C[C@H]3C(=O)NO)cc2)cc1. The largest absolute Gasteiger partial charge is 0.391 e. The maximum atomic E-state index is 12.7. The van der Waals surface area contributed by atoms with E-state index in [1.54, 1.807) is 29.7 Å². The molecule has 3 rings (SSSR count). The fourth-order valence-corrected chi connectivity index (χ4v) is 3.21. The number of carbonyl (C=O) groups excluding carboxylic acids is 2. The van der Waals surface area contributed by atoms with Crippen molar-refractivity contribution in [3.63, 3.8) is 0 Å². The van der Waals surface area contributed by atoms with E-state index in [2.05, 4.69) is 11.8 Å². The number of hydroxylamine groups is 1. The summed E-state index contributed by atoms with van der Waals surface area (Å²) in [5.74, 6) is 5.06. The van der Waals surface area contributed by atoms with Crippen molar-refractivity contribution in [2.45, 2.75) is 18.6 Å². The van der Waals surface area contributed by atoms with Crippen molar-refractivity contribution in [1.82, 2.24) is 10.4 Å². The Balaban J connectivity index is 1.72. The van der Waals surface area contributed by atoms with Crippen molar-refractivity contribution in [2.75, 3.05) is 25.5 Å². The van der Waals surface area contributed by atoms with Crippen LogP contribution in [0.1, 0.15) is 27.9 Å². The molecule has 7 nitrogen and oxygen atoms in total. The number of likely N-dealkylation sites (tertiary alicyclic amines) is 1. The summed E-state index contributed by atoms with van der Waals surface area (Å²) in [6.07, 6.45) is -0.709. The van der Waals surface area contributed by atoms with Crippen LogP contribution in [0.3, 0.4) is 0 Å². The molecule has 3 N–H and O–H groups in total. The lowest BCUT2D eigenvalue weighted by Gasteiger charge is -2.22. The first-order chi connectivity index (χ1) is 13.9. The highest BCUT2D eigenvalue weighted by Crippen LogP contribution is 2.21. The molecule has 29 heavy (non-hydrogen) atoms. The van der Waals surface area contributed by atoms with Crippen molar-refractivity contribution >= 4 is 17.5 Å². The molecule has 1 heterocycles. The quantitative estimate of drug-likeness (QED) is 0.414. The Morgan fingerprint density at radius 1 is 1.03 bits per heavy atom. The van der Waals surface area contributed by atoms with Gasteiger partial charge in [0.1, 0.15) is 6.04 Å². The number of β-amino-alcohol motifs (C(OH)–C–C–N with tert-alkyl or cyclic N) is 1. The lowest BCUT2D eigenvalue weighted by atomic mass is 10.1. The predicted octanol–water partition coefficient (Wildman–Crippen LogP) is 1.23. The second-order valence-corrected chi connectivity index (χ2v) is 7.11. The first-order valence-corrected chi connectivity index (χ1v) is 9.21. The summed E-state index contributed by atoms with van der Waals surface area (Å²) < 4.78 is 0. The van der Waals surface area contributed by atoms with Gasteiger partial charge >= 0.3 is 0 Å². The molecule has 0 aromatic heterocycles. The Bertz CT molecular complexity index is 943. The zero-order valence-electron chi connectivity index (χ0n) is 16.3. The highest BCUT2D eigenvalue weighted by molar-refractivity contribution is 5.98. The predicted molar refractivity (Wildman–Crippen MR) is 109 cm³/mol. The highest BCUT2D eigenvalue weighted by Gasteiger charge is 2.39. The molecule has 0 unspecified atom stereocenters. The van der Waals surface area contributed by atoms with Crippen LogP contribution in [0.25, 0.3) is 0 Å². The number of nitrogens with zero attached hydrogens (tertiary/aromatic N) is 2. The van der Waals surface area contributed by atoms with Crippen LogP contribution in [0.5, 0.6) is 0 Å². The van der Waals surface area contributed by atoms with Crippen molar-refractivity contribution in [3.8, 4) is 11.8 Å². The van der Waals surface area contributed by atoms with E-state index in [0.29, 0.717) is 5.56 Å². The van der Waals surface area contributed by atoms with E-state index in [4.69, 9.17) is 5.21 Å². The third-order valence-corrected chi connectivity index (χ3v) is 4.82. The number of benzene rings is 2. The Kier molecular flexibility index (Phi) is 6.17. The monoisotopic (exact) mass is 393 g/mol. The van der Waals surface area contributed by atoms with Gasteiger partial charge in [0.25, 0.3) is 11.8 Å². The van der Waals surface area contributed by atoms with Crippen LogP contribution in [0.4, 0.5) is 5.69 Å². The average Bonchev–Trinajstić information content (AvgIpc) is 3.13. The van der Waals surface area contributed by atoms with Gasteiger partial charge in [0, 0.05) is 49.4 Å². The number of anilines is 1. The molecule has 0 radical (unpaired) electrons. The number of amides is 2. The molecular formula is C22H23N3O4. The number of hydrogen-bond acceptors (Lipinski definition) is 5. The number of carbonyl (C=O) groups is 2. The molecule has 2 atom stereocenters. The lowest BCUT2D eigenvalue weighted by molar-refractivity contribution is -0.133. The molecule has 0 bridgehead atoms. The fourth-order valence-electron chi connectivity index (χ4n) is 3.21. The number of aliphatic hydroxyl groups excluding tert-OH is 1. The first-order valence-electron chi connectivity index (χ1n) is 9.21. The second kappa shape index (κ2) is 8.78. The van der Waals surface area contributed by atoms with Crippen LogP contribution in [0.15, 0.2) is 48.5 Å². The van der Waals surface area contributed by atoms with Crippen molar-refractivity contribution in [1.29, 1.82) is 0 Å². The van der Waals surface area contributed by atoms with Gasteiger partial charge in [-0.3, -0.25) is 14.8 Å². The summed E-state index contributed by atoms with van der Waals surface area (Å²) in [5, 5.41) is 18.7. The van der Waals surface area contributed by atoms with Gasteiger partial charge < -0.3 is 14.9 Å². The third kappa shape index (κ3) is 4.74. The number of rotatable bonds is 3. The molecule has 2 amide bonds. The zero-order valence-corrected chi connectivity index (χ0v) is 16.3. The molecule has 1 aliphatic rings. The van der Waals surface area contributed by atoms with Gasteiger partial charge in [-0.1, -0.05) is 11.8 Å². The normalized spacial score (nSPS) is 18.0. The van der Waals surface area contributed by atoms with Gasteiger partial charge in [0.15, 0.2) is 0 Å². The molecule has 150 valence electrons. The van der Waals surface area contributed by atoms with Crippen LogP contribution >= 0.6 is 0 Å². The molecule has 0 aliphatic carbocycles. The van der Waals surface area contributed by atoms with Gasteiger partial charge in [0.2, 0.25) is 0 Å². The molecule has 0 spiro atoms. The molecule has 1 fully saturated rings. The number of nitrogens with one attached hydrogen (secondary N) is 1. The fraction of sp³-hybridized carbons (Fsp3) is 0.273. The number of aliphatic hydroxyl groups is 1. The molecule has 1 saturated heterocycles. The van der Waals surface area contributed by atoms with E-state index in [0.717, 1.165) is 16.8 Å². The van der Waals surface area contributed by atoms with Gasteiger partial charge in [-0.05, 0) is 48.5 Å². The van der Waals surface area contributed by atoms with Crippen LogP contribution in [0, 0.1) is 11.8 Å². The molecule has 2 aromatic carbocycles. The molecule has 1 aliphatic heterocycles. The summed E-state index contributed by atoms with van der Waals surface area (Å²) in [6, 6.07) is 13.7. The Morgan fingerprint density at radius 2 is 1.59 bits per heavy atom. The highest BCUT2D eigenvalue weighted by atomic mass is 16.5. The summed E-state index contributed by atoms with van der Waals surface area (Å²) in [4.78, 5) is 27.7. The Morgan fingerprint density at radius 3 is 2.10 bits per heavy atom. The van der Waals surface area contributed by atoms with Gasteiger partial charge in [-0.15, -0.1) is 0 Å². The van der Waals surface area contributed by atoms with E-state index in [1.807, 2.05) is 43.3 Å². The second-order valence-electron chi connectivity index (χ2n) is 7.11. The summed E-state index contributed by atoms with van der Waals surface area (Å²) >= 11 is 0. The van der Waals surface area contributed by atoms with Crippen LogP contribution in [-0.4, -0.2) is 59.8 Å². The van der Waals surface area contributed by atoms with E-state index in [9.17, 15) is 14.7 Å². The zero-order chi connectivity index (χ0) is 21.0. The van der Waals surface area contributed by atoms with E-state index >= 15 is 0 Å². The minimum absolute atomic E-state index is 0.0431. The average molecular weight is 393 g/mol. The van der Waals surface area contributed by atoms with Gasteiger partial charge in [-0.25, -0.2) is 5.48 Å². The summed E-state index contributed by atoms with van der Waals surface area (Å²) in [5.41, 5.74) is 4.67. The van der Waals surface area contributed by atoms with Crippen molar-refractivity contribution in [3.05, 3.63) is 65.2 Å². The third-order valence-electron chi connectivity index (χ3n) is 4.82. The van der Waals surface area contributed by atoms with Crippen LogP contribution in [-0.2, 0) is 4.79 Å². The van der Waals surface area contributed by atoms with Crippen molar-refractivity contribution < 1.29 is 19.9 Å². The van der Waals surface area contributed by atoms with Gasteiger partial charge in [0.05, 0.1) is 6.10 Å². The summed E-state index contributed by atoms with van der Waals surface area (Å²) in [7, 11) is 3.95. The minimum atomic E-state index is -0.896. The summed E-state index contributed by atoms with van der Waals surface area (Å²) in [6.45, 7) is 0.0431. The van der Waals surface area contributed by atoms with Crippen LogP contribution < -0.4 is 10.4 Å².